The Morgan fingerprint density at radius 3 is 2.55 bits per heavy atom. The van der Waals surface area contributed by atoms with Gasteiger partial charge in [0, 0.05) is 36.3 Å². The number of hydrogen-bond acceptors (Lipinski definition) is 4. The molecule has 170 valence electrons. The zero-order chi connectivity index (χ0) is 22.6. The number of unbranched alkanes of at least 4 members (excludes halogenated alkanes) is 2. The van der Waals surface area contributed by atoms with Crippen molar-refractivity contribution in [1.29, 1.82) is 0 Å². The van der Waals surface area contributed by atoms with E-state index in [-0.39, 0.29) is 28.9 Å². The van der Waals surface area contributed by atoms with Gasteiger partial charge in [-0.1, -0.05) is 12.5 Å². The van der Waals surface area contributed by atoms with Crippen molar-refractivity contribution in [3.05, 3.63) is 35.8 Å². The minimum atomic E-state index is -0.106. The lowest BCUT2D eigenvalue weighted by Gasteiger charge is -2.46. The van der Waals surface area contributed by atoms with Crippen LogP contribution in [0.5, 0.6) is 0 Å². The van der Waals surface area contributed by atoms with Gasteiger partial charge in [-0.3, -0.25) is 14.0 Å². The second kappa shape index (κ2) is 9.39. The summed E-state index contributed by atoms with van der Waals surface area (Å²) in [5.74, 6) is 0.0222. The molecule has 7 heteroatoms. The molecule has 1 aliphatic rings. The summed E-state index contributed by atoms with van der Waals surface area (Å²) in [6.07, 6.45) is 6.85. The number of aryl methyl sites for hydroxylation is 1. The van der Waals surface area contributed by atoms with E-state index < -0.39 is 0 Å². The molecule has 0 aliphatic carbocycles. The quantitative estimate of drug-likeness (QED) is 0.564. The van der Waals surface area contributed by atoms with Crippen LogP contribution in [-0.2, 0) is 4.79 Å². The first kappa shape index (κ1) is 23.3. The van der Waals surface area contributed by atoms with Crippen molar-refractivity contribution in [2.24, 2.45) is 0 Å². The molecule has 0 radical (unpaired) electrons. The summed E-state index contributed by atoms with van der Waals surface area (Å²) in [6.45, 7) is 11.2. The van der Waals surface area contributed by atoms with Crippen molar-refractivity contribution in [3.8, 4) is 0 Å². The van der Waals surface area contributed by atoms with Crippen LogP contribution in [0.15, 0.2) is 24.4 Å². The zero-order valence-electron chi connectivity index (χ0n) is 19.5. The highest BCUT2D eigenvalue weighted by Gasteiger charge is 2.38. The third-order valence-electron chi connectivity index (χ3n) is 5.84. The number of nitrogens with zero attached hydrogens (tertiary/aromatic N) is 2. The van der Waals surface area contributed by atoms with E-state index in [1.807, 2.05) is 35.7 Å². The van der Waals surface area contributed by atoms with E-state index in [0.717, 1.165) is 43.4 Å². The number of rotatable bonds is 8. The van der Waals surface area contributed by atoms with Gasteiger partial charge in [-0.15, -0.1) is 0 Å². The fourth-order valence-corrected chi connectivity index (χ4v) is 4.98. The average Bonchev–Trinajstić information content (AvgIpc) is 2.97. The molecule has 2 amide bonds. The molecule has 3 rings (SSSR count). The van der Waals surface area contributed by atoms with Crippen LogP contribution in [0.1, 0.15) is 82.4 Å². The Morgan fingerprint density at radius 1 is 1.13 bits per heavy atom. The van der Waals surface area contributed by atoms with Crippen molar-refractivity contribution in [3.63, 3.8) is 0 Å². The van der Waals surface area contributed by atoms with Crippen molar-refractivity contribution in [1.82, 2.24) is 25.3 Å². The third-order valence-corrected chi connectivity index (χ3v) is 5.84. The monoisotopic (exact) mass is 427 g/mol. The van der Waals surface area contributed by atoms with E-state index in [1.54, 1.807) is 0 Å². The Kier molecular flexibility index (Phi) is 7.04. The van der Waals surface area contributed by atoms with Gasteiger partial charge in [0.1, 0.15) is 11.3 Å². The number of piperidine rings is 1. The van der Waals surface area contributed by atoms with Gasteiger partial charge in [0.2, 0.25) is 5.91 Å². The Balaban J connectivity index is 1.35. The number of fused-ring (bicyclic) bond motifs is 1. The Morgan fingerprint density at radius 2 is 1.84 bits per heavy atom. The van der Waals surface area contributed by atoms with Gasteiger partial charge < -0.3 is 16.0 Å². The molecule has 0 saturated carbocycles. The highest BCUT2D eigenvalue weighted by atomic mass is 16.2. The normalized spacial score (nSPS) is 18.1. The summed E-state index contributed by atoms with van der Waals surface area (Å²) >= 11 is 0. The fraction of sp³-hybridized carbons (Fsp3) is 0.625. The number of imidazole rings is 1. The predicted octanol–water partition coefficient (Wildman–Crippen LogP) is 3.36. The topological polar surface area (TPSA) is 87.5 Å². The summed E-state index contributed by atoms with van der Waals surface area (Å²) in [4.78, 5) is 29.4. The van der Waals surface area contributed by atoms with E-state index >= 15 is 0 Å². The lowest BCUT2D eigenvalue weighted by Crippen LogP contribution is -2.62. The van der Waals surface area contributed by atoms with Gasteiger partial charge in [0.05, 0.1) is 5.69 Å². The fourth-order valence-electron chi connectivity index (χ4n) is 4.98. The standard InChI is InChI=1S/C24H37N5O2/c1-17-21(29-14-10-8-11-19(29)26-17)22(31)25-13-9-6-7-12-20(30)27-18-15-23(2,3)28-24(4,5)16-18/h8,10-11,14,18,28H,6-7,9,12-13,15-16H2,1-5H3,(H,25,31)(H,27,30). The van der Waals surface area contributed by atoms with Crippen LogP contribution in [0.25, 0.3) is 5.65 Å². The predicted molar refractivity (Wildman–Crippen MR) is 123 cm³/mol. The molecule has 2 aromatic rings. The number of aromatic nitrogens is 2. The minimum absolute atomic E-state index is 0.0249. The molecular weight excluding hydrogens is 390 g/mol. The maximum atomic E-state index is 12.6. The largest absolute Gasteiger partial charge is 0.353 e. The van der Waals surface area contributed by atoms with E-state index in [4.69, 9.17) is 0 Å². The van der Waals surface area contributed by atoms with Crippen LogP contribution in [-0.4, -0.2) is 44.9 Å². The van der Waals surface area contributed by atoms with Crippen molar-refractivity contribution >= 4 is 17.5 Å². The van der Waals surface area contributed by atoms with Crippen molar-refractivity contribution in [2.75, 3.05) is 6.54 Å². The number of pyridine rings is 1. The summed E-state index contributed by atoms with van der Waals surface area (Å²) in [5.41, 5.74) is 2.14. The van der Waals surface area contributed by atoms with Crippen molar-refractivity contribution < 1.29 is 9.59 Å². The van der Waals surface area contributed by atoms with Crippen LogP contribution >= 0.6 is 0 Å². The number of amides is 2. The van der Waals surface area contributed by atoms with Gasteiger partial charge in [-0.05, 0) is 72.4 Å². The molecule has 0 unspecified atom stereocenters. The van der Waals surface area contributed by atoms with Crippen LogP contribution in [0.3, 0.4) is 0 Å². The molecule has 7 nitrogen and oxygen atoms in total. The van der Waals surface area contributed by atoms with Gasteiger partial charge in [-0.25, -0.2) is 4.98 Å². The first-order valence-corrected chi connectivity index (χ1v) is 11.4. The summed E-state index contributed by atoms with van der Waals surface area (Å²) in [7, 11) is 0. The molecule has 1 aliphatic heterocycles. The van der Waals surface area contributed by atoms with Crippen LogP contribution in [0.2, 0.25) is 0 Å². The van der Waals surface area contributed by atoms with E-state index in [1.165, 1.54) is 0 Å². The molecule has 0 atom stereocenters. The highest BCUT2D eigenvalue weighted by molar-refractivity contribution is 5.94. The molecule has 2 aromatic heterocycles. The molecule has 3 N–H and O–H groups in total. The average molecular weight is 428 g/mol. The molecule has 31 heavy (non-hydrogen) atoms. The SMILES string of the molecule is Cc1nc2ccccn2c1C(=O)NCCCCCC(=O)NC1CC(C)(C)NC(C)(C)C1. The third kappa shape index (κ3) is 6.29. The van der Waals surface area contributed by atoms with E-state index in [2.05, 4.69) is 48.6 Å². The Bertz CT molecular complexity index is 915. The zero-order valence-corrected chi connectivity index (χ0v) is 19.5. The second-order valence-electron chi connectivity index (χ2n) is 10.1. The van der Waals surface area contributed by atoms with Gasteiger partial charge >= 0.3 is 0 Å². The molecular formula is C24H37N5O2. The van der Waals surface area contributed by atoms with Crippen molar-refractivity contribution in [2.45, 2.75) is 90.3 Å². The molecule has 3 heterocycles. The molecule has 0 bridgehead atoms. The molecule has 1 fully saturated rings. The van der Waals surface area contributed by atoms with Crippen LogP contribution in [0, 0.1) is 6.92 Å². The molecule has 0 spiro atoms. The lowest BCUT2D eigenvalue weighted by atomic mass is 9.79. The number of nitrogens with one attached hydrogen (secondary N) is 3. The first-order chi connectivity index (χ1) is 14.6. The summed E-state index contributed by atoms with van der Waals surface area (Å²) in [6, 6.07) is 5.90. The summed E-state index contributed by atoms with van der Waals surface area (Å²) < 4.78 is 1.82. The highest BCUT2D eigenvalue weighted by Crippen LogP contribution is 2.28. The second-order valence-corrected chi connectivity index (χ2v) is 10.1. The smallest absolute Gasteiger partial charge is 0.270 e. The lowest BCUT2D eigenvalue weighted by molar-refractivity contribution is -0.122. The van der Waals surface area contributed by atoms with Crippen LogP contribution < -0.4 is 16.0 Å². The van der Waals surface area contributed by atoms with E-state index in [9.17, 15) is 9.59 Å². The maximum absolute atomic E-state index is 12.6. The minimum Gasteiger partial charge on any atom is -0.353 e. The van der Waals surface area contributed by atoms with Gasteiger partial charge in [0.25, 0.3) is 5.91 Å². The van der Waals surface area contributed by atoms with E-state index in [0.29, 0.717) is 18.7 Å². The number of carbonyl (C=O) groups is 2. The molecule has 0 aromatic carbocycles. The summed E-state index contributed by atoms with van der Waals surface area (Å²) in [5, 5.41) is 9.85. The molecule has 1 saturated heterocycles. The number of carbonyl (C=O) groups excluding carboxylic acids is 2. The first-order valence-electron chi connectivity index (χ1n) is 11.4. The number of hydrogen-bond donors (Lipinski definition) is 3. The Hall–Kier alpha value is -2.41. The van der Waals surface area contributed by atoms with Crippen LogP contribution in [0.4, 0.5) is 0 Å². The Labute approximate surface area is 185 Å². The van der Waals surface area contributed by atoms with Gasteiger partial charge in [-0.2, -0.15) is 0 Å². The maximum Gasteiger partial charge on any atom is 0.270 e. The van der Waals surface area contributed by atoms with Gasteiger partial charge in [0.15, 0.2) is 0 Å².